The standard InChI is InChI=1S/C17H19NO3/c1-13(2)21-17(19)12-20-16-10-8-15(9-11-16)18-14-6-4-3-5-7-14/h3-11,13,18H,12H2,1-2H3. The third kappa shape index (κ3) is 5.18. The van der Waals surface area contributed by atoms with Crippen LogP contribution in [0.3, 0.4) is 0 Å². The van der Waals surface area contributed by atoms with Crippen LogP contribution in [0.15, 0.2) is 54.6 Å². The normalized spacial score (nSPS) is 10.2. The molecule has 0 unspecified atom stereocenters. The van der Waals surface area contributed by atoms with Gasteiger partial charge in [-0.15, -0.1) is 0 Å². The van der Waals surface area contributed by atoms with Crippen molar-refractivity contribution in [3.05, 3.63) is 54.6 Å². The maximum Gasteiger partial charge on any atom is 0.344 e. The second-order valence-corrected chi connectivity index (χ2v) is 4.84. The van der Waals surface area contributed by atoms with Crippen molar-refractivity contribution in [2.45, 2.75) is 20.0 Å². The predicted molar refractivity (Wildman–Crippen MR) is 82.9 cm³/mol. The van der Waals surface area contributed by atoms with E-state index in [0.29, 0.717) is 5.75 Å². The van der Waals surface area contributed by atoms with Crippen LogP contribution >= 0.6 is 0 Å². The molecule has 110 valence electrons. The Morgan fingerprint density at radius 3 is 2.24 bits per heavy atom. The lowest BCUT2D eigenvalue weighted by molar-refractivity contribution is -0.149. The topological polar surface area (TPSA) is 47.6 Å². The zero-order valence-corrected chi connectivity index (χ0v) is 12.2. The summed E-state index contributed by atoms with van der Waals surface area (Å²) in [5, 5.41) is 3.27. The van der Waals surface area contributed by atoms with Crippen molar-refractivity contribution in [2.75, 3.05) is 11.9 Å². The molecular weight excluding hydrogens is 266 g/mol. The number of carbonyl (C=O) groups excluding carboxylic acids is 1. The van der Waals surface area contributed by atoms with E-state index in [1.54, 1.807) is 0 Å². The number of esters is 1. The molecule has 0 fully saturated rings. The zero-order chi connectivity index (χ0) is 15.1. The summed E-state index contributed by atoms with van der Waals surface area (Å²) >= 11 is 0. The summed E-state index contributed by atoms with van der Waals surface area (Å²) in [5.74, 6) is 0.269. The first kappa shape index (κ1) is 14.9. The van der Waals surface area contributed by atoms with Gasteiger partial charge in [-0.3, -0.25) is 0 Å². The second kappa shape index (κ2) is 7.33. The lowest BCUT2D eigenvalue weighted by Gasteiger charge is -2.10. The molecule has 0 bridgehead atoms. The minimum absolute atomic E-state index is 0.0797. The summed E-state index contributed by atoms with van der Waals surface area (Å²) in [6.45, 7) is 3.54. The molecule has 0 aromatic heterocycles. The van der Waals surface area contributed by atoms with Crippen LogP contribution in [0, 0.1) is 0 Å². The summed E-state index contributed by atoms with van der Waals surface area (Å²) < 4.78 is 10.4. The monoisotopic (exact) mass is 285 g/mol. The molecule has 1 N–H and O–H groups in total. The van der Waals surface area contributed by atoms with Crippen molar-refractivity contribution < 1.29 is 14.3 Å². The van der Waals surface area contributed by atoms with Crippen molar-refractivity contribution >= 4 is 17.3 Å². The third-order valence-electron chi connectivity index (χ3n) is 2.64. The van der Waals surface area contributed by atoms with E-state index in [4.69, 9.17) is 9.47 Å². The van der Waals surface area contributed by atoms with E-state index in [1.165, 1.54) is 0 Å². The van der Waals surface area contributed by atoms with Gasteiger partial charge in [0.25, 0.3) is 0 Å². The van der Waals surface area contributed by atoms with Crippen LogP contribution in [0.2, 0.25) is 0 Å². The molecule has 0 saturated carbocycles. The molecular formula is C17H19NO3. The molecule has 21 heavy (non-hydrogen) atoms. The highest BCUT2D eigenvalue weighted by molar-refractivity contribution is 5.71. The van der Waals surface area contributed by atoms with Crippen LogP contribution in [-0.2, 0) is 9.53 Å². The molecule has 0 radical (unpaired) electrons. The molecule has 2 rings (SSSR count). The molecule has 2 aromatic rings. The van der Waals surface area contributed by atoms with E-state index in [-0.39, 0.29) is 18.7 Å². The average Bonchev–Trinajstić information content (AvgIpc) is 2.47. The Balaban J connectivity index is 1.86. The molecule has 4 heteroatoms. The first-order valence-electron chi connectivity index (χ1n) is 6.88. The smallest absolute Gasteiger partial charge is 0.344 e. The zero-order valence-electron chi connectivity index (χ0n) is 12.2. The quantitative estimate of drug-likeness (QED) is 0.821. The Morgan fingerprint density at radius 1 is 1.00 bits per heavy atom. The van der Waals surface area contributed by atoms with Gasteiger partial charge in [-0.25, -0.2) is 4.79 Å². The summed E-state index contributed by atoms with van der Waals surface area (Å²) in [4.78, 5) is 11.4. The summed E-state index contributed by atoms with van der Waals surface area (Å²) in [6, 6.07) is 17.3. The molecule has 0 atom stereocenters. The number of carbonyl (C=O) groups is 1. The number of ether oxygens (including phenoxy) is 2. The maximum atomic E-state index is 11.4. The van der Waals surface area contributed by atoms with Crippen LogP contribution in [0.4, 0.5) is 11.4 Å². The number of para-hydroxylation sites is 1. The van der Waals surface area contributed by atoms with E-state index < -0.39 is 0 Å². The third-order valence-corrected chi connectivity index (χ3v) is 2.64. The molecule has 2 aromatic carbocycles. The average molecular weight is 285 g/mol. The second-order valence-electron chi connectivity index (χ2n) is 4.84. The fraction of sp³-hybridized carbons (Fsp3) is 0.235. The van der Waals surface area contributed by atoms with Gasteiger partial charge in [0, 0.05) is 11.4 Å². The summed E-state index contributed by atoms with van der Waals surface area (Å²) in [5.41, 5.74) is 1.98. The van der Waals surface area contributed by atoms with Gasteiger partial charge in [-0.05, 0) is 50.2 Å². The van der Waals surface area contributed by atoms with Gasteiger partial charge in [0.05, 0.1) is 6.10 Å². The summed E-state index contributed by atoms with van der Waals surface area (Å²) in [6.07, 6.45) is -0.126. The number of anilines is 2. The van der Waals surface area contributed by atoms with Gasteiger partial charge in [-0.1, -0.05) is 18.2 Å². The SMILES string of the molecule is CC(C)OC(=O)COc1ccc(Nc2ccccc2)cc1. The van der Waals surface area contributed by atoms with Crippen molar-refractivity contribution in [1.29, 1.82) is 0 Å². The van der Waals surface area contributed by atoms with Gasteiger partial charge in [-0.2, -0.15) is 0 Å². The van der Waals surface area contributed by atoms with Crippen molar-refractivity contribution in [2.24, 2.45) is 0 Å². The van der Waals surface area contributed by atoms with Crippen LogP contribution in [-0.4, -0.2) is 18.7 Å². The van der Waals surface area contributed by atoms with E-state index >= 15 is 0 Å². The highest BCUT2D eigenvalue weighted by atomic mass is 16.6. The number of benzene rings is 2. The van der Waals surface area contributed by atoms with Gasteiger partial charge in [0.15, 0.2) is 6.61 Å². The van der Waals surface area contributed by atoms with E-state index in [2.05, 4.69) is 5.32 Å². The fourth-order valence-corrected chi connectivity index (χ4v) is 1.76. The van der Waals surface area contributed by atoms with Gasteiger partial charge < -0.3 is 14.8 Å². The molecule has 0 saturated heterocycles. The molecule has 0 spiro atoms. The van der Waals surface area contributed by atoms with Gasteiger partial charge in [0.2, 0.25) is 0 Å². The Morgan fingerprint density at radius 2 is 1.62 bits per heavy atom. The van der Waals surface area contributed by atoms with E-state index in [0.717, 1.165) is 11.4 Å². The van der Waals surface area contributed by atoms with Crippen molar-refractivity contribution in [3.63, 3.8) is 0 Å². The number of rotatable bonds is 6. The van der Waals surface area contributed by atoms with Gasteiger partial charge in [0.1, 0.15) is 5.75 Å². The molecule has 0 aliphatic rings. The molecule has 0 aliphatic carbocycles. The van der Waals surface area contributed by atoms with Gasteiger partial charge >= 0.3 is 5.97 Å². The Kier molecular flexibility index (Phi) is 5.21. The Hall–Kier alpha value is -2.49. The van der Waals surface area contributed by atoms with E-state index in [1.807, 2.05) is 68.4 Å². The number of hydrogen-bond donors (Lipinski definition) is 1. The fourth-order valence-electron chi connectivity index (χ4n) is 1.76. The first-order valence-corrected chi connectivity index (χ1v) is 6.88. The molecule has 0 amide bonds. The Labute approximate surface area is 124 Å². The largest absolute Gasteiger partial charge is 0.482 e. The highest BCUT2D eigenvalue weighted by Gasteiger charge is 2.06. The number of hydrogen-bond acceptors (Lipinski definition) is 4. The minimum atomic E-state index is -0.364. The molecule has 0 heterocycles. The summed E-state index contributed by atoms with van der Waals surface area (Å²) in [7, 11) is 0. The maximum absolute atomic E-state index is 11.4. The van der Waals surface area contributed by atoms with E-state index in [9.17, 15) is 4.79 Å². The lowest BCUT2D eigenvalue weighted by atomic mass is 10.2. The van der Waals surface area contributed by atoms with Crippen LogP contribution < -0.4 is 10.1 Å². The van der Waals surface area contributed by atoms with Crippen LogP contribution in [0.25, 0.3) is 0 Å². The van der Waals surface area contributed by atoms with Crippen LogP contribution in [0.5, 0.6) is 5.75 Å². The van der Waals surface area contributed by atoms with Crippen molar-refractivity contribution in [1.82, 2.24) is 0 Å². The Bertz CT molecular complexity index is 564. The number of nitrogens with one attached hydrogen (secondary N) is 1. The predicted octanol–water partition coefficient (Wildman–Crippen LogP) is 3.76. The molecule has 4 nitrogen and oxygen atoms in total. The first-order chi connectivity index (χ1) is 10.1. The van der Waals surface area contributed by atoms with Crippen LogP contribution in [0.1, 0.15) is 13.8 Å². The molecule has 0 aliphatic heterocycles. The minimum Gasteiger partial charge on any atom is -0.482 e. The van der Waals surface area contributed by atoms with Crippen molar-refractivity contribution in [3.8, 4) is 5.75 Å². The lowest BCUT2D eigenvalue weighted by Crippen LogP contribution is -2.18. The highest BCUT2D eigenvalue weighted by Crippen LogP contribution is 2.19.